The van der Waals surface area contributed by atoms with Crippen LogP contribution in [0.25, 0.3) is 10.9 Å². The van der Waals surface area contributed by atoms with Gasteiger partial charge in [-0.15, -0.1) is 0 Å². The molecule has 3 aromatic rings. The summed E-state index contributed by atoms with van der Waals surface area (Å²) < 4.78 is 0. The molecule has 0 radical (unpaired) electrons. The Kier molecular flexibility index (Phi) is 7.88. The van der Waals surface area contributed by atoms with E-state index < -0.39 is 0 Å². The fraction of sp³-hybridized carbons (Fsp3) is 0.400. The summed E-state index contributed by atoms with van der Waals surface area (Å²) in [5.74, 6) is 0. The van der Waals surface area contributed by atoms with E-state index in [0.29, 0.717) is 0 Å². The molecule has 0 aliphatic heterocycles. The highest BCUT2D eigenvalue weighted by atomic mass is 32.1. The van der Waals surface area contributed by atoms with Gasteiger partial charge in [-0.2, -0.15) is 0 Å². The van der Waals surface area contributed by atoms with Crippen molar-refractivity contribution >= 4 is 33.9 Å². The van der Waals surface area contributed by atoms with E-state index in [4.69, 9.17) is 12.2 Å². The van der Waals surface area contributed by atoms with Crippen LogP contribution in [0.15, 0.2) is 48.7 Å². The molecule has 3 rings (SSSR count). The van der Waals surface area contributed by atoms with Gasteiger partial charge in [-0.25, -0.2) is 0 Å². The summed E-state index contributed by atoms with van der Waals surface area (Å²) in [6.45, 7) is 13.7. The number of aromatic amines is 1. The third kappa shape index (κ3) is 5.41. The highest BCUT2D eigenvalue weighted by molar-refractivity contribution is 7.80. The van der Waals surface area contributed by atoms with Crippen molar-refractivity contribution in [2.24, 2.45) is 0 Å². The van der Waals surface area contributed by atoms with Gasteiger partial charge < -0.3 is 20.1 Å². The summed E-state index contributed by atoms with van der Waals surface area (Å²) in [7, 11) is 0. The molecule has 0 fully saturated rings. The molecule has 30 heavy (non-hydrogen) atoms. The number of para-hydroxylation sites is 1. The molecule has 0 saturated carbocycles. The molecule has 0 bridgehead atoms. The van der Waals surface area contributed by atoms with E-state index in [1.807, 2.05) is 0 Å². The highest BCUT2D eigenvalue weighted by Gasteiger charge is 2.15. The number of nitrogens with zero attached hydrogens (tertiary/aromatic N) is 2. The lowest BCUT2D eigenvalue weighted by Gasteiger charge is -2.28. The first kappa shape index (κ1) is 22.3. The molecule has 0 spiro atoms. The molecule has 0 aliphatic rings. The predicted molar refractivity (Wildman–Crippen MR) is 133 cm³/mol. The van der Waals surface area contributed by atoms with Crippen LogP contribution in [0.1, 0.15) is 37.0 Å². The smallest absolute Gasteiger partial charge is 0.173 e. The highest BCUT2D eigenvalue weighted by Crippen LogP contribution is 2.22. The number of aryl methyl sites for hydroxylation is 1. The molecule has 5 heteroatoms. The van der Waals surface area contributed by atoms with Crippen LogP contribution < -0.4 is 5.32 Å². The molecule has 4 nitrogen and oxygen atoms in total. The van der Waals surface area contributed by atoms with Crippen molar-refractivity contribution in [2.75, 3.05) is 31.5 Å². The first-order valence-corrected chi connectivity index (χ1v) is 11.3. The second-order valence-corrected chi connectivity index (χ2v) is 8.23. The van der Waals surface area contributed by atoms with Crippen LogP contribution in [0.5, 0.6) is 0 Å². The molecule has 2 N–H and O–H groups in total. The lowest BCUT2D eigenvalue weighted by atomic mass is 10.1. The van der Waals surface area contributed by atoms with Crippen LogP contribution in [0.4, 0.5) is 5.69 Å². The molecule has 0 aliphatic carbocycles. The summed E-state index contributed by atoms with van der Waals surface area (Å²) in [5, 5.41) is 5.56. The number of hydrogen-bond acceptors (Lipinski definition) is 2. The zero-order valence-corrected chi connectivity index (χ0v) is 19.5. The Hall–Kier alpha value is -2.37. The quantitative estimate of drug-likeness (QED) is 0.433. The van der Waals surface area contributed by atoms with Gasteiger partial charge in [-0.1, -0.05) is 44.2 Å². The molecule has 0 atom stereocenters. The minimum absolute atomic E-state index is 0.786. The van der Waals surface area contributed by atoms with E-state index in [9.17, 15) is 0 Å². The van der Waals surface area contributed by atoms with Crippen molar-refractivity contribution in [1.29, 1.82) is 0 Å². The first-order valence-electron chi connectivity index (χ1n) is 10.9. The minimum Gasteiger partial charge on any atom is -0.361 e. The minimum atomic E-state index is 0.786. The van der Waals surface area contributed by atoms with Crippen molar-refractivity contribution in [3.05, 3.63) is 65.4 Å². The van der Waals surface area contributed by atoms with Gasteiger partial charge in [0.05, 0.1) is 0 Å². The van der Waals surface area contributed by atoms with E-state index in [-0.39, 0.29) is 0 Å². The largest absolute Gasteiger partial charge is 0.361 e. The summed E-state index contributed by atoms with van der Waals surface area (Å²) in [4.78, 5) is 8.16. The van der Waals surface area contributed by atoms with Crippen molar-refractivity contribution in [3.8, 4) is 0 Å². The Morgan fingerprint density at radius 3 is 2.53 bits per heavy atom. The third-order valence-corrected chi connectivity index (χ3v) is 6.33. The van der Waals surface area contributed by atoms with Crippen LogP contribution >= 0.6 is 12.2 Å². The Labute approximate surface area is 186 Å². The molecule has 1 heterocycles. The van der Waals surface area contributed by atoms with Gasteiger partial charge in [0, 0.05) is 35.9 Å². The lowest BCUT2D eigenvalue weighted by Crippen LogP contribution is -2.37. The predicted octanol–water partition coefficient (Wildman–Crippen LogP) is 5.72. The number of nitrogens with one attached hydrogen (secondary N) is 2. The van der Waals surface area contributed by atoms with Crippen LogP contribution in [-0.4, -0.2) is 46.1 Å². The molecule has 160 valence electrons. The standard InChI is InChI=1S/C25H34N4S/c1-5-28(6-2)15-10-16-29(18-21-17-26-24-13-8-7-12-22(21)24)25(30)27-23-14-9-11-19(3)20(23)4/h7-9,11-14,17,26H,5-6,10,15-16,18H2,1-4H3,(H,27,30). The van der Waals surface area contributed by atoms with Gasteiger partial charge in [0.2, 0.25) is 0 Å². The maximum atomic E-state index is 5.88. The van der Waals surface area contributed by atoms with Crippen molar-refractivity contribution in [2.45, 2.75) is 40.7 Å². The third-order valence-electron chi connectivity index (χ3n) is 5.97. The molecule has 0 amide bonds. The molecular formula is C25H34N4S. The van der Waals surface area contributed by atoms with E-state index in [1.165, 1.54) is 27.6 Å². The SMILES string of the molecule is CCN(CC)CCCN(Cc1c[nH]c2ccccc12)C(=S)Nc1cccc(C)c1C. The topological polar surface area (TPSA) is 34.3 Å². The second-order valence-electron chi connectivity index (χ2n) is 7.84. The van der Waals surface area contributed by atoms with E-state index >= 15 is 0 Å². The molecule has 0 unspecified atom stereocenters. The lowest BCUT2D eigenvalue weighted by molar-refractivity contribution is 0.281. The van der Waals surface area contributed by atoms with Crippen LogP contribution in [0, 0.1) is 13.8 Å². The van der Waals surface area contributed by atoms with E-state index in [1.54, 1.807) is 0 Å². The average Bonchev–Trinajstić information content (AvgIpc) is 3.16. The summed E-state index contributed by atoms with van der Waals surface area (Å²) >= 11 is 5.88. The number of anilines is 1. The summed E-state index contributed by atoms with van der Waals surface area (Å²) in [6.07, 6.45) is 3.20. The summed E-state index contributed by atoms with van der Waals surface area (Å²) in [6, 6.07) is 14.8. The van der Waals surface area contributed by atoms with Gasteiger partial charge in [0.1, 0.15) is 0 Å². The van der Waals surface area contributed by atoms with Gasteiger partial charge in [0.25, 0.3) is 0 Å². The van der Waals surface area contributed by atoms with E-state index in [2.05, 4.69) is 96.5 Å². The van der Waals surface area contributed by atoms with Crippen LogP contribution in [0.2, 0.25) is 0 Å². The Morgan fingerprint density at radius 2 is 1.77 bits per heavy atom. The fourth-order valence-electron chi connectivity index (χ4n) is 3.83. The average molecular weight is 423 g/mol. The fourth-order valence-corrected chi connectivity index (χ4v) is 4.09. The normalized spacial score (nSPS) is 11.2. The molecular weight excluding hydrogens is 388 g/mol. The first-order chi connectivity index (χ1) is 14.5. The molecule has 0 saturated heterocycles. The Bertz CT molecular complexity index is 974. The number of rotatable bonds is 9. The second kappa shape index (κ2) is 10.6. The maximum Gasteiger partial charge on any atom is 0.173 e. The Morgan fingerprint density at radius 1 is 1.00 bits per heavy atom. The van der Waals surface area contributed by atoms with Gasteiger partial charge in [-0.05, 0) is 80.9 Å². The molecule has 1 aromatic heterocycles. The number of fused-ring (bicyclic) bond motifs is 1. The number of benzene rings is 2. The zero-order chi connectivity index (χ0) is 21.5. The Balaban J connectivity index is 1.77. The zero-order valence-electron chi connectivity index (χ0n) is 18.7. The number of thiocarbonyl (C=S) groups is 1. The van der Waals surface area contributed by atoms with Gasteiger partial charge in [0.15, 0.2) is 5.11 Å². The van der Waals surface area contributed by atoms with Gasteiger partial charge in [-0.3, -0.25) is 0 Å². The van der Waals surface area contributed by atoms with Crippen molar-refractivity contribution < 1.29 is 0 Å². The van der Waals surface area contributed by atoms with Crippen LogP contribution in [0.3, 0.4) is 0 Å². The number of hydrogen-bond donors (Lipinski definition) is 2. The van der Waals surface area contributed by atoms with E-state index in [0.717, 1.165) is 49.9 Å². The van der Waals surface area contributed by atoms with Crippen LogP contribution in [-0.2, 0) is 6.54 Å². The summed E-state index contributed by atoms with van der Waals surface area (Å²) in [5.41, 5.74) is 6.05. The monoisotopic (exact) mass is 422 g/mol. The maximum absolute atomic E-state index is 5.88. The molecule has 2 aromatic carbocycles. The van der Waals surface area contributed by atoms with Crippen molar-refractivity contribution in [1.82, 2.24) is 14.8 Å². The van der Waals surface area contributed by atoms with Crippen molar-refractivity contribution in [3.63, 3.8) is 0 Å². The number of aromatic nitrogens is 1. The number of H-pyrrole nitrogens is 1. The van der Waals surface area contributed by atoms with Gasteiger partial charge >= 0.3 is 0 Å².